The van der Waals surface area contributed by atoms with Crippen molar-refractivity contribution in [1.82, 2.24) is 4.90 Å². The van der Waals surface area contributed by atoms with Gasteiger partial charge >= 0.3 is 0 Å². The van der Waals surface area contributed by atoms with Crippen LogP contribution in [0.25, 0.3) is 0 Å². The molecule has 1 aliphatic rings. The molecule has 0 atom stereocenters. The van der Waals surface area contributed by atoms with Gasteiger partial charge in [0, 0.05) is 43.0 Å². The van der Waals surface area contributed by atoms with Gasteiger partial charge in [0.25, 0.3) is 5.91 Å². The number of benzene rings is 2. The predicted molar refractivity (Wildman–Crippen MR) is 108 cm³/mol. The number of nitrogens with zero attached hydrogens (tertiary/aromatic N) is 2. The highest BCUT2D eigenvalue weighted by molar-refractivity contribution is 5.95. The average molecular weight is 366 g/mol. The van der Waals surface area contributed by atoms with Crippen molar-refractivity contribution in [3.05, 3.63) is 66.2 Å². The first kappa shape index (κ1) is 18.8. The summed E-state index contributed by atoms with van der Waals surface area (Å²) in [7, 11) is 3.19. The minimum Gasteiger partial charge on any atom is -0.493 e. The van der Waals surface area contributed by atoms with Crippen molar-refractivity contribution in [2.45, 2.75) is 6.42 Å². The molecule has 0 bridgehead atoms. The van der Waals surface area contributed by atoms with E-state index in [0.29, 0.717) is 36.6 Å². The highest BCUT2D eigenvalue weighted by Crippen LogP contribution is 2.33. The molecule has 1 amide bonds. The Morgan fingerprint density at radius 2 is 1.78 bits per heavy atom. The first-order valence-corrected chi connectivity index (χ1v) is 9.13. The number of anilines is 1. The number of allylic oxidation sites excluding steroid dienone is 1. The minimum absolute atomic E-state index is 0.0222. The van der Waals surface area contributed by atoms with E-state index in [1.54, 1.807) is 26.4 Å². The maximum atomic E-state index is 13.1. The molecule has 2 aromatic carbocycles. The lowest BCUT2D eigenvalue weighted by atomic mass is 10.0. The number of amides is 1. The first-order chi connectivity index (χ1) is 13.2. The van der Waals surface area contributed by atoms with Crippen LogP contribution in [-0.4, -0.2) is 51.2 Å². The Hall–Kier alpha value is -2.95. The molecule has 1 saturated heterocycles. The lowest BCUT2D eigenvalue weighted by Crippen LogP contribution is -2.48. The van der Waals surface area contributed by atoms with Gasteiger partial charge in [0.2, 0.25) is 0 Å². The second-order valence-corrected chi connectivity index (χ2v) is 6.48. The van der Waals surface area contributed by atoms with E-state index in [-0.39, 0.29) is 5.91 Å². The average Bonchev–Trinajstić information content (AvgIpc) is 2.73. The lowest BCUT2D eigenvalue weighted by molar-refractivity contribution is 0.0746. The number of piperazine rings is 1. The van der Waals surface area contributed by atoms with Crippen LogP contribution in [0.3, 0.4) is 0 Å². The number of ether oxygens (including phenoxy) is 2. The van der Waals surface area contributed by atoms with Gasteiger partial charge in [-0.3, -0.25) is 4.79 Å². The van der Waals surface area contributed by atoms with E-state index in [2.05, 4.69) is 23.6 Å². The fourth-order valence-electron chi connectivity index (χ4n) is 3.46. The Kier molecular flexibility index (Phi) is 6.01. The van der Waals surface area contributed by atoms with Crippen LogP contribution in [0.1, 0.15) is 15.9 Å². The molecular weight excluding hydrogens is 340 g/mol. The van der Waals surface area contributed by atoms with Crippen molar-refractivity contribution in [3.63, 3.8) is 0 Å². The van der Waals surface area contributed by atoms with Gasteiger partial charge in [-0.05, 0) is 30.7 Å². The maximum Gasteiger partial charge on any atom is 0.254 e. The summed E-state index contributed by atoms with van der Waals surface area (Å²) in [4.78, 5) is 17.3. The minimum atomic E-state index is 0.0222. The zero-order chi connectivity index (χ0) is 19.2. The third-order valence-corrected chi connectivity index (χ3v) is 4.86. The summed E-state index contributed by atoms with van der Waals surface area (Å²) < 4.78 is 10.9. The van der Waals surface area contributed by atoms with Crippen LogP contribution in [0.15, 0.2) is 55.1 Å². The van der Waals surface area contributed by atoms with E-state index in [9.17, 15) is 4.79 Å². The van der Waals surface area contributed by atoms with Gasteiger partial charge < -0.3 is 19.3 Å². The molecule has 0 saturated carbocycles. The molecule has 0 aromatic heterocycles. The van der Waals surface area contributed by atoms with E-state index in [4.69, 9.17) is 9.47 Å². The predicted octanol–water partition coefficient (Wildman–Crippen LogP) is 3.39. The fraction of sp³-hybridized carbons (Fsp3) is 0.318. The van der Waals surface area contributed by atoms with Gasteiger partial charge in [0.05, 0.1) is 14.2 Å². The van der Waals surface area contributed by atoms with Gasteiger partial charge in [-0.15, -0.1) is 6.58 Å². The van der Waals surface area contributed by atoms with E-state index in [1.807, 2.05) is 29.2 Å². The summed E-state index contributed by atoms with van der Waals surface area (Å²) in [5.41, 5.74) is 2.72. The second-order valence-electron chi connectivity index (χ2n) is 6.48. The third kappa shape index (κ3) is 4.08. The van der Waals surface area contributed by atoms with E-state index >= 15 is 0 Å². The molecular formula is C22H26N2O3. The standard InChI is InChI=1S/C22H26N2O3/c1-4-8-17-15-18(16-20(26-2)21(17)27-3)22(25)24-13-11-23(12-14-24)19-9-6-5-7-10-19/h4-7,9-10,15-16H,1,8,11-14H2,2-3H3. The Morgan fingerprint density at radius 3 is 2.37 bits per heavy atom. The smallest absolute Gasteiger partial charge is 0.254 e. The van der Waals surface area contributed by atoms with Crippen molar-refractivity contribution in [2.75, 3.05) is 45.3 Å². The van der Waals surface area contributed by atoms with E-state index in [1.165, 1.54) is 5.69 Å². The van der Waals surface area contributed by atoms with Gasteiger partial charge in [-0.2, -0.15) is 0 Å². The number of carbonyl (C=O) groups excluding carboxylic acids is 1. The summed E-state index contributed by atoms with van der Waals surface area (Å²) in [5.74, 6) is 1.25. The molecule has 1 aliphatic heterocycles. The molecule has 1 heterocycles. The highest BCUT2D eigenvalue weighted by Gasteiger charge is 2.24. The summed E-state index contributed by atoms with van der Waals surface area (Å²) in [6.45, 7) is 6.82. The zero-order valence-corrected chi connectivity index (χ0v) is 16.0. The van der Waals surface area contributed by atoms with Crippen LogP contribution in [-0.2, 0) is 6.42 Å². The third-order valence-electron chi connectivity index (χ3n) is 4.86. The van der Waals surface area contributed by atoms with Gasteiger partial charge in [0.1, 0.15) is 0 Å². The molecule has 0 spiro atoms. The van der Waals surface area contributed by atoms with E-state index < -0.39 is 0 Å². The van der Waals surface area contributed by atoms with Crippen molar-refractivity contribution in [3.8, 4) is 11.5 Å². The van der Waals surface area contributed by atoms with Crippen LogP contribution in [0.2, 0.25) is 0 Å². The van der Waals surface area contributed by atoms with Crippen molar-refractivity contribution >= 4 is 11.6 Å². The molecule has 1 fully saturated rings. The SMILES string of the molecule is C=CCc1cc(C(=O)N2CCN(c3ccccc3)CC2)cc(OC)c1OC. The molecule has 5 nitrogen and oxygen atoms in total. The number of hydrogen-bond donors (Lipinski definition) is 0. The molecule has 5 heteroatoms. The summed E-state index contributed by atoms with van der Waals surface area (Å²) in [5, 5.41) is 0. The first-order valence-electron chi connectivity index (χ1n) is 9.13. The molecule has 0 radical (unpaired) electrons. The summed E-state index contributed by atoms with van der Waals surface area (Å²) >= 11 is 0. The Balaban J connectivity index is 1.76. The van der Waals surface area contributed by atoms with Gasteiger partial charge in [-0.1, -0.05) is 24.3 Å². The molecule has 2 aromatic rings. The van der Waals surface area contributed by atoms with Crippen molar-refractivity contribution in [2.24, 2.45) is 0 Å². The molecule has 0 N–H and O–H groups in total. The second kappa shape index (κ2) is 8.62. The summed E-state index contributed by atoms with van der Waals surface area (Å²) in [6.07, 6.45) is 2.41. The van der Waals surface area contributed by atoms with Crippen molar-refractivity contribution in [1.29, 1.82) is 0 Å². The van der Waals surface area contributed by atoms with Crippen LogP contribution in [0.4, 0.5) is 5.69 Å². The fourth-order valence-corrected chi connectivity index (χ4v) is 3.46. The molecule has 27 heavy (non-hydrogen) atoms. The zero-order valence-electron chi connectivity index (χ0n) is 16.0. The molecule has 3 rings (SSSR count). The number of carbonyl (C=O) groups is 1. The van der Waals surface area contributed by atoms with Gasteiger partial charge in [-0.25, -0.2) is 0 Å². The highest BCUT2D eigenvalue weighted by atomic mass is 16.5. The van der Waals surface area contributed by atoms with Crippen LogP contribution >= 0.6 is 0 Å². The van der Waals surface area contributed by atoms with Crippen LogP contribution in [0, 0.1) is 0 Å². The monoisotopic (exact) mass is 366 g/mol. The van der Waals surface area contributed by atoms with Crippen LogP contribution in [0.5, 0.6) is 11.5 Å². The Morgan fingerprint density at radius 1 is 1.07 bits per heavy atom. The number of methoxy groups -OCH3 is 2. The Bertz CT molecular complexity index is 797. The Labute approximate surface area is 160 Å². The lowest BCUT2D eigenvalue weighted by Gasteiger charge is -2.36. The normalized spacial score (nSPS) is 14.0. The molecule has 0 aliphatic carbocycles. The number of hydrogen-bond acceptors (Lipinski definition) is 4. The molecule has 0 unspecified atom stereocenters. The number of para-hydroxylation sites is 1. The van der Waals surface area contributed by atoms with Crippen LogP contribution < -0.4 is 14.4 Å². The summed E-state index contributed by atoms with van der Waals surface area (Å²) in [6, 6.07) is 13.9. The topological polar surface area (TPSA) is 42.0 Å². The quantitative estimate of drug-likeness (QED) is 0.735. The van der Waals surface area contributed by atoms with Gasteiger partial charge in [0.15, 0.2) is 11.5 Å². The maximum absolute atomic E-state index is 13.1. The molecule has 142 valence electrons. The number of rotatable bonds is 6. The largest absolute Gasteiger partial charge is 0.493 e. The van der Waals surface area contributed by atoms with E-state index in [0.717, 1.165) is 18.7 Å². The van der Waals surface area contributed by atoms with Crippen molar-refractivity contribution < 1.29 is 14.3 Å².